The molecule has 6 heteroatoms. The van der Waals surface area contributed by atoms with Gasteiger partial charge >= 0.3 is 12.4 Å². The molecule has 0 saturated heterocycles. The van der Waals surface area contributed by atoms with Gasteiger partial charge in [0.1, 0.15) is 0 Å². The average Bonchev–Trinajstić information content (AvgIpc) is 2.51. The number of benzene rings is 2. The minimum Gasteiger partial charge on any atom is -0.170 e. The lowest BCUT2D eigenvalue weighted by atomic mass is 9.74. The van der Waals surface area contributed by atoms with E-state index in [0.717, 1.165) is 11.1 Å². The fraction of sp³-hybridized carbons (Fsp3) is 0.429. The van der Waals surface area contributed by atoms with E-state index in [2.05, 4.69) is 0 Å². The lowest BCUT2D eigenvalue weighted by Gasteiger charge is -2.38. The van der Waals surface area contributed by atoms with E-state index in [-0.39, 0.29) is 11.1 Å². The molecule has 0 bridgehead atoms. The number of hydrogen-bond acceptors (Lipinski definition) is 0. The first-order chi connectivity index (χ1) is 12.3. The van der Waals surface area contributed by atoms with E-state index in [0.29, 0.717) is 11.1 Å². The summed E-state index contributed by atoms with van der Waals surface area (Å²) in [5, 5.41) is 0. The largest absolute Gasteiger partial charge is 0.403 e. The Hall–Kier alpha value is -1.98. The van der Waals surface area contributed by atoms with Crippen molar-refractivity contribution >= 4 is 0 Å². The van der Waals surface area contributed by atoms with Crippen LogP contribution in [0.2, 0.25) is 0 Å². The Morgan fingerprint density at radius 1 is 0.556 bits per heavy atom. The van der Waals surface area contributed by atoms with Crippen molar-refractivity contribution in [3.05, 3.63) is 69.8 Å². The van der Waals surface area contributed by atoms with Gasteiger partial charge in [-0.3, -0.25) is 0 Å². The summed E-state index contributed by atoms with van der Waals surface area (Å²) in [6, 6.07) is 8.60. The zero-order chi connectivity index (χ0) is 20.6. The monoisotopic (exact) mass is 388 g/mol. The smallest absolute Gasteiger partial charge is 0.170 e. The van der Waals surface area contributed by atoms with Gasteiger partial charge in [-0.25, -0.2) is 0 Å². The first-order valence-electron chi connectivity index (χ1n) is 8.52. The lowest BCUT2D eigenvalue weighted by Crippen LogP contribution is -2.53. The molecule has 0 aliphatic heterocycles. The maximum absolute atomic E-state index is 13.9. The quantitative estimate of drug-likeness (QED) is 0.504. The van der Waals surface area contributed by atoms with Crippen molar-refractivity contribution in [3.8, 4) is 0 Å². The maximum Gasteiger partial charge on any atom is 0.403 e. The molecule has 2 aromatic rings. The molecule has 0 nitrogen and oxygen atoms in total. The van der Waals surface area contributed by atoms with E-state index in [9.17, 15) is 26.3 Å². The summed E-state index contributed by atoms with van der Waals surface area (Å²) in [7, 11) is 0. The molecule has 0 atom stereocenters. The Kier molecular flexibility index (Phi) is 5.69. The summed E-state index contributed by atoms with van der Waals surface area (Å²) in [5.41, 5.74) is -0.833. The van der Waals surface area contributed by atoms with Crippen LogP contribution >= 0.6 is 0 Å². The van der Waals surface area contributed by atoms with Gasteiger partial charge in [-0.15, -0.1) is 0 Å². The molecule has 0 aliphatic carbocycles. The normalized spacial score (nSPS) is 13.1. The fourth-order valence-electron chi connectivity index (χ4n) is 3.15. The molecule has 0 heterocycles. The van der Waals surface area contributed by atoms with Crippen molar-refractivity contribution in [2.45, 2.75) is 52.9 Å². The van der Waals surface area contributed by atoms with E-state index >= 15 is 0 Å². The van der Waals surface area contributed by atoms with Crippen LogP contribution in [0.4, 0.5) is 26.3 Å². The van der Waals surface area contributed by atoms with Crippen LogP contribution in [0, 0.1) is 33.1 Å². The third-order valence-corrected chi connectivity index (χ3v) is 5.24. The van der Waals surface area contributed by atoms with Crippen molar-refractivity contribution in [2.24, 2.45) is 5.41 Å². The fourth-order valence-corrected chi connectivity index (χ4v) is 3.15. The first-order valence-corrected chi connectivity index (χ1v) is 8.52. The molecule has 0 radical (unpaired) electrons. The molecule has 0 amide bonds. The minimum atomic E-state index is -5.44. The predicted octanol–water partition coefficient (Wildman–Crippen LogP) is 6.82. The summed E-state index contributed by atoms with van der Waals surface area (Å²) < 4.78 is 83.3. The predicted molar refractivity (Wildman–Crippen MR) is 93.8 cm³/mol. The Morgan fingerprint density at radius 2 is 0.889 bits per heavy atom. The molecule has 0 spiro atoms. The summed E-state index contributed by atoms with van der Waals surface area (Å²) in [6.07, 6.45) is -13.2. The Morgan fingerprint density at radius 3 is 1.15 bits per heavy atom. The van der Waals surface area contributed by atoms with Crippen LogP contribution in [0.25, 0.3) is 0 Å². The van der Waals surface area contributed by atoms with Crippen LogP contribution in [-0.4, -0.2) is 12.4 Å². The van der Waals surface area contributed by atoms with Crippen LogP contribution in [0.5, 0.6) is 0 Å². The summed E-state index contributed by atoms with van der Waals surface area (Å²) in [4.78, 5) is 0. The molecule has 0 aliphatic rings. The van der Waals surface area contributed by atoms with E-state index in [1.807, 2.05) is 0 Å². The molecular weight excluding hydrogens is 366 g/mol. The number of aryl methyl sites for hydroxylation is 4. The summed E-state index contributed by atoms with van der Waals surface area (Å²) in [5.74, 6) is 0. The van der Waals surface area contributed by atoms with E-state index in [1.165, 1.54) is 24.3 Å². The second-order valence-corrected chi connectivity index (χ2v) is 7.27. The molecule has 0 aromatic heterocycles. The molecular formula is C21H22F6. The second kappa shape index (κ2) is 7.21. The zero-order valence-electron chi connectivity index (χ0n) is 15.6. The van der Waals surface area contributed by atoms with Crippen molar-refractivity contribution in [1.82, 2.24) is 0 Å². The van der Waals surface area contributed by atoms with Gasteiger partial charge in [0.2, 0.25) is 0 Å². The van der Waals surface area contributed by atoms with Crippen molar-refractivity contribution in [2.75, 3.05) is 0 Å². The molecule has 2 aromatic carbocycles. The molecule has 27 heavy (non-hydrogen) atoms. The Balaban J connectivity index is 2.58. The molecule has 0 N–H and O–H groups in total. The summed E-state index contributed by atoms with van der Waals surface area (Å²) in [6.45, 7) is 6.86. The third kappa shape index (κ3) is 4.30. The number of hydrogen-bond donors (Lipinski definition) is 0. The molecule has 148 valence electrons. The SMILES string of the molecule is Cc1ccc(CC(Cc2ccc(C)c(C)c2)(C(F)(F)F)C(F)(F)F)cc1C. The summed E-state index contributed by atoms with van der Waals surface area (Å²) >= 11 is 0. The second-order valence-electron chi connectivity index (χ2n) is 7.27. The van der Waals surface area contributed by atoms with Gasteiger partial charge in [0, 0.05) is 0 Å². The zero-order valence-corrected chi connectivity index (χ0v) is 15.6. The Labute approximate surface area is 155 Å². The van der Waals surface area contributed by atoms with E-state index in [4.69, 9.17) is 0 Å². The van der Waals surface area contributed by atoms with Gasteiger partial charge < -0.3 is 0 Å². The van der Waals surface area contributed by atoms with Crippen LogP contribution in [-0.2, 0) is 12.8 Å². The number of halogens is 6. The van der Waals surface area contributed by atoms with Crippen LogP contribution in [0.15, 0.2) is 36.4 Å². The number of rotatable bonds is 4. The molecule has 0 unspecified atom stereocenters. The van der Waals surface area contributed by atoms with Gasteiger partial charge in [0.25, 0.3) is 0 Å². The maximum atomic E-state index is 13.9. The van der Waals surface area contributed by atoms with Crippen molar-refractivity contribution < 1.29 is 26.3 Å². The third-order valence-electron chi connectivity index (χ3n) is 5.24. The van der Waals surface area contributed by atoms with Crippen LogP contribution in [0.3, 0.4) is 0 Å². The molecule has 0 fully saturated rings. The van der Waals surface area contributed by atoms with Crippen LogP contribution < -0.4 is 0 Å². The van der Waals surface area contributed by atoms with Crippen molar-refractivity contribution in [3.63, 3.8) is 0 Å². The van der Waals surface area contributed by atoms with E-state index in [1.54, 1.807) is 39.8 Å². The molecule has 0 saturated carbocycles. The first kappa shape index (κ1) is 21.3. The van der Waals surface area contributed by atoms with Gasteiger partial charge in [0.05, 0.1) is 0 Å². The highest BCUT2D eigenvalue weighted by Gasteiger charge is 2.69. The Bertz CT molecular complexity index is 745. The van der Waals surface area contributed by atoms with Gasteiger partial charge in [0.15, 0.2) is 5.41 Å². The minimum absolute atomic E-state index is 0.0246. The van der Waals surface area contributed by atoms with Crippen molar-refractivity contribution in [1.29, 1.82) is 0 Å². The van der Waals surface area contributed by atoms with Crippen LogP contribution in [0.1, 0.15) is 33.4 Å². The lowest BCUT2D eigenvalue weighted by molar-refractivity contribution is -0.340. The van der Waals surface area contributed by atoms with Gasteiger partial charge in [-0.1, -0.05) is 36.4 Å². The standard InChI is InChI=1S/C21H22F6/c1-13-5-7-17(9-15(13)3)11-19(20(22,23)24,21(25,26)27)12-18-8-6-14(2)16(4)10-18/h5-10H,11-12H2,1-4H3. The highest BCUT2D eigenvalue weighted by Crippen LogP contribution is 2.54. The average molecular weight is 388 g/mol. The van der Waals surface area contributed by atoms with Gasteiger partial charge in [-0.2, -0.15) is 26.3 Å². The highest BCUT2D eigenvalue weighted by molar-refractivity contribution is 5.33. The molecule has 2 rings (SSSR count). The number of alkyl halides is 6. The van der Waals surface area contributed by atoms with Gasteiger partial charge in [-0.05, 0) is 73.9 Å². The highest BCUT2D eigenvalue weighted by atomic mass is 19.4. The van der Waals surface area contributed by atoms with E-state index < -0.39 is 30.6 Å². The topological polar surface area (TPSA) is 0 Å².